The molecule has 0 saturated heterocycles. The fourth-order valence-corrected chi connectivity index (χ4v) is 3.83. The molecule has 1 aromatic rings. The third kappa shape index (κ3) is 4.26. The zero-order chi connectivity index (χ0) is 15.2. The number of benzene rings is 1. The van der Waals surface area contributed by atoms with E-state index in [4.69, 9.17) is 0 Å². The summed E-state index contributed by atoms with van der Waals surface area (Å²) in [7, 11) is 0. The van der Waals surface area contributed by atoms with Gasteiger partial charge in [-0.1, -0.05) is 45.6 Å². The highest BCUT2D eigenvalue weighted by Crippen LogP contribution is 2.35. The molecule has 118 valence electrons. The third-order valence-corrected chi connectivity index (χ3v) is 4.93. The van der Waals surface area contributed by atoms with Crippen molar-refractivity contribution in [3.63, 3.8) is 0 Å². The standard InChI is InChI=1S/C18H27F2N/c1-3-13-7-5-6-8-16(13)18(21-4-2)11-14-9-10-15(19)12-17(14)20/h9-10,12-13,16,18,21H,3-8,11H2,1-2H3. The van der Waals surface area contributed by atoms with Crippen LogP contribution in [0.2, 0.25) is 0 Å². The Morgan fingerprint density at radius 2 is 1.95 bits per heavy atom. The highest BCUT2D eigenvalue weighted by molar-refractivity contribution is 5.20. The molecule has 1 N–H and O–H groups in total. The minimum absolute atomic E-state index is 0.292. The van der Waals surface area contributed by atoms with Crippen LogP contribution in [0.15, 0.2) is 18.2 Å². The van der Waals surface area contributed by atoms with Crippen molar-refractivity contribution in [3.05, 3.63) is 35.4 Å². The van der Waals surface area contributed by atoms with Crippen LogP contribution in [0, 0.1) is 23.5 Å². The van der Waals surface area contributed by atoms with Crippen LogP contribution in [0.5, 0.6) is 0 Å². The van der Waals surface area contributed by atoms with E-state index >= 15 is 0 Å². The lowest BCUT2D eigenvalue weighted by atomic mass is 9.72. The Balaban J connectivity index is 2.13. The van der Waals surface area contributed by atoms with Gasteiger partial charge in [-0.25, -0.2) is 8.78 Å². The third-order valence-electron chi connectivity index (χ3n) is 4.93. The highest BCUT2D eigenvalue weighted by Gasteiger charge is 2.30. The number of rotatable bonds is 6. The highest BCUT2D eigenvalue weighted by atomic mass is 19.1. The molecular formula is C18H27F2N. The quantitative estimate of drug-likeness (QED) is 0.802. The largest absolute Gasteiger partial charge is 0.314 e. The van der Waals surface area contributed by atoms with Crippen LogP contribution in [0.4, 0.5) is 8.78 Å². The molecule has 0 amide bonds. The second kappa shape index (κ2) is 7.88. The summed E-state index contributed by atoms with van der Waals surface area (Å²) >= 11 is 0. The maximum Gasteiger partial charge on any atom is 0.129 e. The van der Waals surface area contributed by atoms with Gasteiger partial charge < -0.3 is 5.32 Å². The molecule has 3 unspecified atom stereocenters. The Hall–Kier alpha value is -0.960. The average molecular weight is 295 g/mol. The molecule has 1 saturated carbocycles. The van der Waals surface area contributed by atoms with Crippen LogP contribution in [0.25, 0.3) is 0 Å². The Bertz CT molecular complexity index is 447. The summed E-state index contributed by atoms with van der Waals surface area (Å²) in [5.74, 6) is 0.418. The van der Waals surface area contributed by atoms with Gasteiger partial charge in [0.15, 0.2) is 0 Å². The summed E-state index contributed by atoms with van der Waals surface area (Å²) < 4.78 is 27.0. The fraction of sp³-hybridized carbons (Fsp3) is 0.667. The molecule has 3 atom stereocenters. The first-order chi connectivity index (χ1) is 10.2. The molecule has 1 aliphatic rings. The zero-order valence-corrected chi connectivity index (χ0v) is 13.2. The number of hydrogen-bond donors (Lipinski definition) is 1. The molecule has 21 heavy (non-hydrogen) atoms. The van der Waals surface area contributed by atoms with Gasteiger partial charge in [0.2, 0.25) is 0 Å². The smallest absolute Gasteiger partial charge is 0.129 e. The molecule has 0 bridgehead atoms. The molecule has 2 rings (SSSR count). The van der Waals surface area contributed by atoms with Crippen LogP contribution in [-0.2, 0) is 6.42 Å². The van der Waals surface area contributed by atoms with Crippen LogP contribution in [-0.4, -0.2) is 12.6 Å². The molecule has 1 fully saturated rings. The van der Waals surface area contributed by atoms with Gasteiger partial charge in [-0.15, -0.1) is 0 Å². The van der Waals surface area contributed by atoms with Gasteiger partial charge in [-0.05, 0) is 42.9 Å². The predicted molar refractivity (Wildman–Crippen MR) is 83.3 cm³/mol. The van der Waals surface area contributed by atoms with Gasteiger partial charge in [0.05, 0.1) is 0 Å². The van der Waals surface area contributed by atoms with E-state index in [0.29, 0.717) is 23.9 Å². The SMILES string of the molecule is CCNC(Cc1ccc(F)cc1F)C1CCCCC1CC. The summed E-state index contributed by atoms with van der Waals surface area (Å²) in [6.07, 6.45) is 6.95. The number of hydrogen-bond acceptors (Lipinski definition) is 1. The van der Waals surface area contributed by atoms with Crippen molar-refractivity contribution in [1.29, 1.82) is 0 Å². The molecule has 1 nitrogen and oxygen atoms in total. The Labute approximate surface area is 127 Å². The molecule has 1 aromatic carbocycles. The second-order valence-corrected chi connectivity index (χ2v) is 6.22. The minimum atomic E-state index is -0.500. The second-order valence-electron chi connectivity index (χ2n) is 6.22. The van der Waals surface area contributed by atoms with Crippen molar-refractivity contribution in [1.82, 2.24) is 5.32 Å². The van der Waals surface area contributed by atoms with Crippen LogP contribution < -0.4 is 5.32 Å². The molecule has 0 heterocycles. The predicted octanol–water partition coefficient (Wildman–Crippen LogP) is 4.70. The molecule has 1 aliphatic carbocycles. The van der Waals surface area contributed by atoms with E-state index in [1.165, 1.54) is 38.2 Å². The molecule has 0 aromatic heterocycles. The monoisotopic (exact) mass is 295 g/mol. The van der Waals surface area contributed by atoms with Gasteiger partial charge in [-0.2, -0.15) is 0 Å². The lowest BCUT2D eigenvalue weighted by Crippen LogP contribution is -2.42. The van der Waals surface area contributed by atoms with Gasteiger partial charge >= 0.3 is 0 Å². The minimum Gasteiger partial charge on any atom is -0.314 e. The van der Waals surface area contributed by atoms with Gasteiger partial charge in [0, 0.05) is 12.1 Å². The summed E-state index contributed by atoms with van der Waals surface area (Å²) in [6.45, 7) is 5.24. The summed E-state index contributed by atoms with van der Waals surface area (Å²) in [6, 6.07) is 4.25. The molecular weight excluding hydrogens is 268 g/mol. The molecule has 0 radical (unpaired) electrons. The number of likely N-dealkylation sites (N-methyl/N-ethyl adjacent to an activating group) is 1. The maximum absolute atomic E-state index is 13.9. The summed E-state index contributed by atoms with van der Waals surface area (Å²) in [4.78, 5) is 0. The van der Waals surface area contributed by atoms with Crippen LogP contribution in [0.3, 0.4) is 0 Å². The lowest BCUT2D eigenvalue weighted by molar-refractivity contribution is 0.174. The Morgan fingerprint density at radius 1 is 1.19 bits per heavy atom. The van der Waals surface area contributed by atoms with Gasteiger partial charge in [0.1, 0.15) is 11.6 Å². The van der Waals surface area contributed by atoms with Crippen molar-refractivity contribution in [2.24, 2.45) is 11.8 Å². The van der Waals surface area contributed by atoms with E-state index in [0.717, 1.165) is 18.5 Å². The van der Waals surface area contributed by atoms with E-state index in [1.807, 2.05) is 0 Å². The van der Waals surface area contributed by atoms with Crippen molar-refractivity contribution < 1.29 is 8.78 Å². The topological polar surface area (TPSA) is 12.0 Å². The average Bonchev–Trinajstić information content (AvgIpc) is 2.49. The van der Waals surface area contributed by atoms with Crippen LogP contribution in [0.1, 0.15) is 51.5 Å². The van der Waals surface area contributed by atoms with Crippen LogP contribution >= 0.6 is 0 Å². The maximum atomic E-state index is 13.9. The van der Waals surface area contributed by atoms with E-state index < -0.39 is 11.6 Å². The first kappa shape index (κ1) is 16.4. The van der Waals surface area contributed by atoms with Crippen molar-refractivity contribution in [2.45, 2.75) is 58.4 Å². The fourth-order valence-electron chi connectivity index (χ4n) is 3.83. The first-order valence-electron chi connectivity index (χ1n) is 8.33. The zero-order valence-electron chi connectivity index (χ0n) is 13.2. The molecule has 0 aliphatic heterocycles. The number of halogens is 2. The molecule has 3 heteroatoms. The Morgan fingerprint density at radius 3 is 2.62 bits per heavy atom. The van der Waals surface area contributed by atoms with Crippen molar-refractivity contribution in [2.75, 3.05) is 6.54 Å². The van der Waals surface area contributed by atoms with E-state index in [-0.39, 0.29) is 0 Å². The Kier molecular flexibility index (Phi) is 6.16. The normalized spacial score (nSPS) is 24.0. The number of nitrogens with one attached hydrogen (secondary N) is 1. The first-order valence-corrected chi connectivity index (χ1v) is 8.33. The van der Waals surface area contributed by atoms with Crippen molar-refractivity contribution in [3.8, 4) is 0 Å². The lowest BCUT2D eigenvalue weighted by Gasteiger charge is -2.37. The van der Waals surface area contributed by atoms with E-state index in [2.05, 4.69) is 19.2 Å². The van der Waals surface area contributed by atoms with E-state index in [1.54, 1.807) is 6.07 Å². The van der Waals surface area contributed by atoms with Crippen molar-refractivity contribution >= 4 is 0 Å². The van der Waals surface area contributed by atoms with E-state index in [9.17, 15) is 8.78 Å². The summed E-state index contributed by atoms with van der Waals surface area (Å²) in [5.41, 5.74) is 0.628. The molecule has 0 spiro atoms. The van der Waals surface area contributed by atoms with Gasteiger partial charge in [-0.3, -0.25) is 0 Å². The summed E-state index contributed by atoms with van der Waals surface area (Å²) in [5, 5.41) is 3.55. The van der Waals surface area contributed by atoms with Gasteiger partial charge in [0.25, 0.3) is 0 Å².